The fraction of sp³-hybridized carbons (Fsp3) is 0.308. The molecule has 4 nitrogen and oxygen atoms in total. The lowest BCUT2D eigenvalue weighted by Crippen LogP contribution is -2.28. The molecule has 0 aliphatic heterocycles. The predicted molar refractivity (Wildman–Crippen MR) is 70.7 cm³/mol. The molecule has 0 fully saturated rings. The van der Waals surface area contributed by atoms with E-state index in [1.807, 2.05) is 13.8 Å². The molecule has 1 rings (SSSR count). The summed E-state index contributed by atoms with van der Waals surface area (Å²) >= 11 is 0. The maximum atomic E-state index is 11.9. The highest BCUT2D eigenvalue weighted by atomic mass is 32.2. The molecule has 0 radical (unpaired) electrons. The van der Waals surface area contributed by atoms with Crippen LogP contribution >= 0.6 is 0 Å². The van der Waals surface area contributed by atoms with E-state index >= 15 is 0 Å². The second kappa shape index (κ2) is 6.35. The number of nitrogens with zero attached hydrogens (tertiary/aromatic N) is 1. The Morgan fingerprint density at radius 2 is 1.72 bits per heavy atom. The lowest BCUT2D eigenvalue weighted by Gasteiger charge is -2.15. The van der Waals surface area contributed by atoms with Crippen molar-refractivity contribution in [3.8, 4) is 0 Å². The van der Waals surface area contributed by atoms with Gasteiger partial charge in [0.2, 0.25) is 5.91 Å². The average molecular weight is 267 g/mol. The molecule has 5 heteroatoms. The summed E-state index contributed by atoms with van der Waals surface area (Å²) in [7, 11) is -3.53. The summed E-state index contributed by atoms with van der Waals surface area (Å²) in [5, 5.41) is 0.961. The molecule has 0 spiro atoms. The number of hydrogen-bond donors (Lipinski definition) is 0. The van der Waals surface area contributed by atoms with Crippen LogP contribution in [0.2, 0.25) is 0 Å². The normalized spacial score (nSPS) is 11.7. The molecule has 0 heterocycles. The van der Waals surface area contributed by atoms with E-state index in [0.29, 0.717) is 13.1 Å². The van der Waals surface area contributed by atoms with Crippen LogP contribution in [0.5, 0.6) is 0 Å². The van der Waals surface area contributed by atoms with Crippen LogP contribution < -0.4 is 0 Å². The van der Waals surface area contributed by atoms with Crippen molar-refractivity contribution in [1.29, 1.82) is 0 Å². The molecule has 0 aromatic heterocycles. The highest BCUT2D eigenvalue weighted by Gasteiger charge is 2.11. The standard InChI is InChI=1S/C13H17NO3S/c1-3-14(4-2)13(15)10-11-18(16,17)12-8-6-5-7-9-12/h5-11H,3-4H2,1-2H3. The minimum atomic E-state index is -3.53. The van der Waals surface area contributed by atoms with E-state index in [9.17, 15) is 13.2 Å². The summed E-state index contributed by atoms with van der Waals surface area (Å²) in [5.74, 6) is -0.292. The minimum Gasteiger partial charge on any atom is -0.340 e. The number of likely N-dealkylation sites (N-methyl/N-ethyl adjacent to an activating group) is 1. The molecule has 0 bridgehead atoms. The molecule has 1 amide bonds. The quantitative estimate of drug-likeness (QED) is 0.765. The van der Waals surface area contributed by atoms with Gasteiger partial charge in [0.15, 0.2) is 9.84 Å². The lowest BCUT2D eigenvalue weighted by atomic mass is 10.4. The van der Waals surface area contributed by atoms with Gasteiger partial charge in [-0.15, -0.1) is 0 Å². The molecule has 0 unspecified atom stereocenters. The molecular formula is C13H17NO3S. The van der Waals surface area contributed by atoms with Crippen LogP contribution in [-0.2, 0) is 14.6 Å². The molecule has 0 N–H and O–H groups in total. The van der Waals surface area contributed by atoms with Gasteiger partial charge < -0.3 is 4.90 Å². The predicted octanol–water partition coefficient (Wildman–Crippen LogP) is 1.84. The molecule has 18 heavy (non-hydrogen) atoms. The zero-order chi connectivity index (χ0) is 13.6. The average Bonchev–Trinajstić information content (AvgIpc) is 2.39. The van der Waals surface area contributed by atoms with Crippen molar-refractivity contribution in [2.75, 3.05) is 13.1 Å². The van der Waals surface area contributed by atoms with Gasteiger partial charge in [0.05, 0.1) is 4.90 Å². The van der Waals surface area contributed by atoms with Gasteiger partial charge in [0.1, 0.15) is 0 Å². The van der Waals surface area contributed by atoms with Gasteiger partial charge >= 0.3 is 0 Å². The molecule has 0 atom stereocenters. The Bertz CT molecular complexity index is 516. The second-order valence-electron chi connectivity index (χ2n) is 3.67. The Hall–Kier alpha value is -1.62. The molecule has 98 valence electrons. The molecule has 1 aromatic carbocycles. The topological polar surface area (TPSA) is 54.5 Å². The van der Waals surface area contributed by atoms with E-state index in [2.05, 4.69) is 0 Å². The third-order valence-corrected chi connectivity index (χ3v) is 3.96. The van der Waals surface area contributed by atoms with E-state index in [4.69, 9.17) is 0 Å². The molecule has 0 saturated carbocycles. The lowest BCUT2D eigenvalue weighted by molar-refractivity contribution is -0.125. The summed E-state index contributed by atoms with van der Waals surface area (Å²) in [4.78, 5) is 13.4. The van der Waals surface area contributed by atoms with Crippen LogP contribution in [0.25, 0.3) is 0 Å². The number of carbonyl (C=O) groups is 1. The SMILES string of the molecule is CCN(CC)C(=O)C=CS(=O)(=O)c1ccccc1. The van der Waals surface area contributed by atoms with Gasteiger partial charge in [-0.05, 0) is 26.0 Å². The Kier molecular flexibility index (Phi) is 5.09. The highest BCUT2D eigenvalue weighted by Crippen LogP contribution is 2.11. The van der Waals surface area contributed by atoms with Gasteiger partial charge in [-0.3, -0.25) is 4.79 Å². The number of rotatable bonds is 5. The first-order valence-electron chi connectivity index (χ1n) is 5.78. The Morgan fingerprint density at radius 3 is 2.22 bits per heavy atom. The second-order valence-corrected chi connectivity index (χ2v) is 5.50. The van der Waals surface area contributed by atoms with Crippen molar-refractivity contribution in [1.82, 2.24) is 4.90 Å². The van der Waals surface area contributed by atoms with Crippen molar-refractivity contribution in [2.24, 2.45) is 0 Å². The first-order chi connectivity index (χ1) is 8.51. The maximum Gasteiger partial charge on any atom is 0.247 e. The van der Waals surface area contributed by atoms with Crippen LogP contribution in [0.15, 0.2) is 46.7 Å². The summed E-state index contributed by atoms with van der Waals surface area (Å²) in [5.41, 5.74) is 0. The van der Waals surface area contributed by atoms with Crippen LogP contribution in [-0.4, -0.2) is 32.3 Å². The highest BCUT2D eigenvalue weighted by molar-refractivity contribution is 7.94. The molecular weight excluding hydrogens is 250 g/mol. The van der Waals surface area contributed by atoms with E-state index in [-0.39, 0.29) is 10.8 Å². The summed E-state index contributed by atoms with van der Waals surface area (Å²) in [6.07, 6.45) is 1.11. The molecule has 0 aliphatic rings. The summed E-state index contributed by atoms with van der Waals surface area (Å²) < 4.78 is 23.8. The van der Waals surface area contributed by atoms with Crippen molar-refractivity contribution < 1.29 is 13.2 Å². The fourth-order valence-corrected chi connectivity index (χ4v) is 2.47. The number of carbonyl (C=O) groups excluding carboxylic acids is 1. The molecule has 0 aliphatic carbocycles. The zero-order valence-electron chi connectivity index (χ0n) is 10.5. The fourth-order valence-electron chi connectivity index (χ4n) is 1.48. The van der Waals surface area contributed by atoms with Gasteiger partial charge in [-0.1, -0.05) is 18.2 Å². The van der Waals surface area contributed by atoms with Crippen molar-refractivity contribution in [2.45, 2.75) is 18.7 Å². The van der Waals surface area contributed by atoms with Gasteiger partial charge in [0, 0.05) is 24.6 Å². The maximum absolute atomic E-state index is 11.9. The molecule has 0 saturated heterocycles. The van der Waals surface area contributed by atoms with Crippen LogP contribution in [0.4, 0.5) is 0 Å². The Labute approximate surface area is 108 Å². The van der Waals surface area contributed by atoms with Gasteiger partial charge in [0.25, 0.3) is 0 Å². The van der Waals surface area contributed by atoms with Crippen LogP contribution in [0, 0.1) is 0 Å². The zero-order valence-corrected chi connectivity index (χ0v) is 11.4. The monoisotopic (exact) mass is 267 g/mol. The first kappa shape index (κ1) is 14.4. The third-order valence-electron chi connectivity index (χ3n) is 2.54. The first-order valence-corrected chi connectivity index (χ1v) is 7.33. The minimum absolute atomic E-state index is 0.189. The number of amides is 1. The number of sulfone groups is 1. The Balaban J connectivity index is 2.88. The van der Waals surface area contributed by atoms with Gasteiger partial charge in [-0.25, -0.2) is 8.42 Å². The van der Waals surface area contributed by atoms with E-state index in [0.717, 1.165) is 11.5 Å². The number of hydrogen-bond acceptors (Lipinski definition) is 3. The summed E-state index contributed by atoms with van der Waals surface area (Å²) in [6, 6.07) is 8.03. The van der Waals surface area contributed by atoms with Crippen molar-refractivity contribution >= 4 is 15.7 Å². The van der Waals surface area contributed by atoms with Crippen molar-refractivity contribution in [3.05, 3.63) is 41.8 Å². The Morgan fingerprint density at radius 1 is 1.17 bits per heavy atom. The smallest absolute Gasteiger partial charge is 0.247 e. The third kappa shape index (κ3) is 3.70. The van der Waals surface area contributed by atoms with Crippen LogP contribution in [0.3, 0.4) is 0 Å². The van der Waals surface area contributed by atoms with E-state index < -0.39 is 9.84 Å². The summed E-state index contributed by atoms with van der Waals surface area (Å²) in [6.45, 7) is 4.82. The molecule has 1 aromatic rings. The largest absolute Gasteiger partial charge is 0.340 e. The van der Waals surface area contributed by atoms with Crippen molar-refractivity contribution in [3.63, 3.8) is 0 Å². The van der Waals surface area contributed by atoms with Crippen LogP contribution in [0.1, 0.15) is 13.8 Å². The van der Waals surface area contributed by atoms with E-state index in [1.165, 1.54) is 12.1 Å². The van der Waals surface area contributed by atoms with E-state index in [1.54, 1.807) is 23.1 Å². The number of benzene rings is 1. The van der Waals surface area contributed by atoms with Gasteiger partial charge in [-0.2, -0.15) is 0 Å².